The van der Waals surface area contributed by atoms with Gasteiger partial charge in [0.25, 0.3) is 0 Å². The Morgan fingerprint density at radius 3 is 2.63 bits per heavy atom. The molecule has 1 aromatic carbocycles. The third kappa shape index (κ3) is 3.67. The van der Waals surface area contributed by atoms with E-state index in [-0.39, 0.29) is 6.04 Å². The van der Waals surface area contributed by atoms with E-state index in [1.54, 1.807) is 24.6 Å². The summed E-state index contributed by atoms with van der Waals surface area (Å²) < 4.78 is 5.28. The Hall–Kier alpha value is -2.83. The molecule has 0 saturated carbocycles. The van der Waals surface area contributed by atoms with Crippen LogP contribution in [0.2, 0.25) is 0 Å². The normalized spacial score (nSPS) is 12.2. The lowest BCUT2D eigenvalue weighted by atomic mass is 10.1. The molecule has 4 rings (SSSR count). The van der Waals surface area contributed by atoms with E-state index in [1.165, 1.54) is 0 Å². The number of hydrogen-bond acceptors (Lipinski definition) is 6. The molecule has 3 aromatic heterocycles. The highest BCUT2D eigenvalue weighted by atomic mass is 32.1. The monoisotopic (exact) mass is 376 g/mol. The fraction of sp³-hybridized carbons (Fsp3) is 0.190. The highest BCUT2D eigenvalue weighted by Gasteiger charge is 2.17. The molecule has 136 valence electrons. The van der Waals surface area contributed by atoms with Crippen LogP contribution >= 0.6 is 11.3 Å². The van der Waals surface area contributed by atoms with Crippen molar-refractivity contribution in [1.82, 2.24) is 15.0 Å². The van der Waals surface area contributed by atoms with Gasteiger partial charge in [0.15, 0.2) is 5.82 Å². The van der Waals surface area contributed by atoms with E-state index in [2.05, 4.69) is 34.7 Å². The zero-order chi connectivity index (χ0) is 18.6. The highest BCUT2D eigenvalue weighted by molar-refractivity contribution is 7.17. The first kappa shape index (κ1) is 17.6. The van der Waals surface area contributed by atoms with E-state index in [9.17, 15) is 0 Å². The molecule has 0 saturated heterocycles. The first-order valence-corrected chi connectivity index (χ1v) is 9.65. The second-order valence-electron chi connectivity index (χ2n) is 6.31. The minimum absolute atomic E-state index is 0.119. The molecule has 3 heterocycles. The smallest absolute Gasteiger partial charge is 0.181 e. The average Bonchev–Trinajstić information content (AvgIpc) is 3.14. The Labute approximate surface area is 162 Å². The predicted octanol–water partition coefficient (Wildman–Crippen LogP) is 4.87. The third-order valence-electron chi connectivity index (χ3n) is 4.21. The zero-order valence-corrected chi connectivity index (χ0v) is 16.0. The van der Waals surface area contributed by atoms with Crippen molar-refractivity contribution in [3.05, 3.63) is 60.1 Å². The summed E-state index contributed by atoms with van der Waals surface area (Å²) in [5.74, 6) is 1.43. The Kier molecular flexibility index (Phi) is 5.09. The number of hydrogen-bond donors (Lipinski definition) is 1. The Balaban J connectivity index is 1.88. The number of fused-ring (bicyclic) bond motifs is 1. The maximum atomic E-state index is 5.28. The van der Waals surface area contributed by atoms with Crippen molar-refractivity contribution in [3.63, 3.8) is 0 Å². The molecule has 27 heavy (non-hydrogen) atoms. The van der Waals surface area contributed by atoms with Gasteiger partial charge in [-0.1, -0.05) is 36.4 Å². The molecule has 0 aliphatic carbocycles. The molecule has 1 atom stereocenters. The van der Waals surface area contributed by atoms with Crippen molar-refractivity contribution in [2.24, 2.45) is 0 Å². The standard InChI is InChI=1S/C21H20N4OS/c1-14(12-26-2)23-20-18-16(15-8-4-3-5-9-15)13-27-21(18)25-19(24-20)17-10-6-7-11-22-17/h3-11,13-14H,12H2,1-2H3,(H,23,24,25)/t14-/m0/s1. The van der Waals surface area contributed by atoms with Crippen LogP contribution in [0, 0.1) is 0 Å². The van der Waals surface area contributed by atoms with Gasteiger partial charge in [0.2, 0.25) is 0 Å². The van der Waals surface area contributed by atoms with Gasteiger partial charge in [-0.05, 0) is 24.6 Å². The third-order valence-corrected chi connectivity index (χ3v) is 5.08. The summed E-state index contributed by atoms with van der Waals surface area (Å²) in [5, 5.41) is 6.67. The van der Waals surface area contributed by atoms with Crippen LogP contribution in [0.25, 0.3) is 32.9 Å². The van der Waals surface area contributed by atoms with Crippen LogP contribution in [0.4, 0.5) is 5.82 Å². The molecule has 0 bridgehead atoms. The maximum absolute atomic E-state index is 5.28. The molecule has 0 aliphatic rings. The molecule has 4 aromatic rings. The van der Waals surface area contributed by atoms with Crippen molar-refractivity contribution in [2.75, 3.05) is 19.0 Å². The van der Waals surface area contributed by atoms with Crippen LogP contribution in [0.15, 0.2) is 60.1 Å². The molecule has 0 aliphatic heterocycles. The molecule has 0 amide bonds. The van der Waals surface area contributed by atoms with Crippen LogP contribution in [0.3, 0.4) is 0 Å². The molecule has 1 N–H and O–H groups in total. The summed E-state index contributed by atoms with van der Waals surface area (Å²) in [6.45, 7) is 2.67. The van der Waals surface area contributed by atoms with Gasteiger partial charge in [-0.2, -0.15) is 0 Å². The van der Waals surface area contributed by atoms with Gasteiger partial charge >= 0.3 is 0 Å². The second kappa shape index (κ2) is 7.82. The second-order valence-corrected chi connectivity index (χ2v) is 7.17. The van der Waals surface area contributed by atoms with Crippen LogP contribution in [0.5, 0.6) is 0 Å². The van der Waals surface area contributed by atoms with Gasteiger partial charge in [0.05, 0.1) is 12.0 Å². The summed E-state index contributed by atoms with van der Waals surface area (Å²) in [4.78, 5) is 14.9. The van der Waals surface area contributed by atoms with Crippen LogP contribution in [-0.2, 0) is 4.74 Å². The Morgan fingerprint density at radius 1 is 1.07 bits per heavy atom. The SMILES string of the molecule is COC[C@H](C)Nc1nc(-c2ccccn2)nc2scc(-c3ccccc3)c12. The molecular formula is C21H20N4OS. The summed E-state index contributed by atoms with van der Waals surface area (Å²) in [6.07, 6.45) is 1.76. The number of anilines is 1. The number of pyridine rings is 1. The number of methoxy groups -OCH3 is 1. The molecule has 0 radical (unpaired) electrons. The molecule has 0 spiro atoms. The molecular weight excluding hydrogens is 356 g/mol. The van der Waals surface area contributed by atoms with Gasteiger partial charge in [0.1, 0.15) is 16.3 Å². The fourth-order valence-electron chi connectivity index (χ4n) is 3.01. The number of aromatic nitrogens is 3. The quantitative estimate of drug-likeness (QED) is 0.520. The van der Waals surface area contributed by atoms with Crippen LogP contribution in [0.1, 0.15) is 6.92 Å². The maximum Gasteiger partial charge on any atom is 0.181 e. The van der Waals surface area contributed by atoms with Crippen molar-refractivity contribution >= 4 is 27.4 Å². The van der Waals surface area contributed by atoms with Gasteiger partial charge in [-0.15, -0.1) is 11.3 Å². The summed E-state index contributed by atoms with van der Waals surface area (Å²) in [7, 11) is 1.70. The Morgan fingerprint density at radius 2 is 1.89 bits per heavy atom. The zero-order valence-electron chi connectivity index (χ0n) is 15.2. The highest BCUT2D eigenvalue weighted by Crippen LogP contribution is 2.38. The van der Waals surface area contributed by atoms with Gasteiger partial charge in [0, 0.05) is 30.3 Å². The van der Waals surface area contributed by atoms with E-state index in [4.69, 9.17) is 14.7 Å². The van der Waals surface area contributed by atoms with E-state index in [0.29, 0.717) is 12.4 Å². The lowest BCUT2D eigenvalue weighted by Crippen LogP contribution is -2.21. The van der Waals surface area contributed by atoms with Crippen molar-refractivity contribution in [3.8, 4) is 22.6 Å². The lowest BCUT2D eigenvalue weighted by molar-refractivity contribution is 0.190. The van der Waals surface area contributed by atoms with Crippen LogP contribution < -0.4 is 5.32 Å². The summed E-state index contributed by atoms with van der Waals surface area (Å²) in [6, 6.07) is 16.2. The summed E-state index contributed by atoms with van der Waals surface area (Å²) in [5.41, 5.74) is 3.05. The number of nitrogens with zero attached hydrogens (tertiary/aromatic N) is 3. The first-order chi connectivity index (χ1) is 13.3. The van der Waals surface area contributed by atoms with Gasteiger partial charge in [-0.3, -0.25) is 4.98 Å². The van der Waals surface area contributed by atoms with E-state index in [1.807, 2.05) is 36.4 Å². The number of benzene rings is 1. The van der Waals surface area contributed by atoms with E-state index < -0.39 is 0 Å². The average molecular weight is 376 g/mol. The molecule has 5 nitrogen and oxygen atoms in total. The van der Waals surface area contributed by atoms with Crippen molar-refractivity contribution in [1.29, 1.82) is 0 Å². The first-order valence-electron chi connectivity index (χ1n) is 8.78. The minimum atomic E-state index is 0.119. The number of thiophene rings is 1. The fourth-order valence-corrected chi connectivity index (χ4v) is 3.96. The van der Waals surface area contributed by atoms with E-state index >= 15 is 0 Å². The van der Waals surface area contributed by atoms with Gasteiger partial charge in [-0.25, -0.2) is 9.97 Å². The lowest BCUT2D eigenvalue weighted by Gasteiger charge is -2.16. The Bertz CT molecular complexity index is 1030. The number of nitrogens with one attached hydrogen (secondary N) is 1. The number of rotatable bonds is 6. The van der Waals surface area contributed by atoms with Gasteiger partial charge < -0.3 is 10.1 Å². The predicted molar refractivity (Wildman–Crippen MR) is 111 cm³/mol. The number of ether oxygens (including phenoxy) is 1. The summed E-state index contributed by atoms with van der Waals surface area (Å²) >= 11 is 1.62. The van der Waals surface area contributed by atoms with E-state index in [0.717, 1.165) is 32.9 Å². The van der Waals surface area contributed by atoms with Crippen molar-refractivity contribution < 1.29 is 4.74 Å². The topological polar surface area (TPSA) is 59.9 Å². The minimum Gasteiger partial charge on any atom is -0.383 e. The van der Waals surface area contributed by atoms with Crippen molar-refractivity contribution in [2.45, 2.75) is 13.0 Å². The molecule has 0 unspecified atom stereocenters. The largest absolute Gasteiger partial charge is 0.383 e. The molecule has 0 fully saturated rings. The van der Waals surface area contributed by atoms with Crippen LogP contribution in [-0.4, -0.2) is 34.7 Å². The molecule has 6 heteroatoms.